The van der Waals surface area contributed by atoms with E-state index in [0.29, 0.717) is 16.4 Å². The Bertz CT molecular complexity index is 947. The summed E-state index contributed by atoms with van der Waals surface area (Å²) in [7, 11) is 3.12. The highest BCUT2D eigenvalue weighted by Gasteiger charge is 2.34. The summed E-state index contributed by atoms with van der Waals surface area (Å²) >= 11 is 0.917. The van der Waals surface area contributed by atoms with Crippen LogP contribution in [0.15, 0.2) is 41.3 Å². The van der Waals surface area contributed by atoms with Gasteiger partial charge in [-0.2, -0.15) is 0 Å². The van der Waals surface area contributed by atoms with Crippen LogP contribution >= 0.6 is 11.8 Å². The van der Waals surface area contributed by atoms with Gasteiger partial charge in [-0.05, 0) is 66.6 Å². The van der Waals surface area contributed by atoms with E-state index in [1.807, 2.05) is 32.0 Å². The van der Waals surface area contributed by atoms with Gasteiger partial charge in [0.25, 0.3) is 11.1 Å². The summed E-state index contributed by atoms with van der Waals surface area (Å²) in [6.45, 7) is 4.38. The first-order chi connectivity index (χ1) is 13.9. The summed E-state index contributed by atoms with van der Waals surface area (Å²) in [5.74, 6) is 1.65. The molecule has 0 atom stereocenters. The minimum absolute atomic E-state index is 0.191. The lowest BCUT2D eigenvalue weighted by Crippen LogP contribution is -2.32. The van der Waals surface area contributed by atoms with Gasteiger partial charge in [-0.25, -0.2) is 0 Å². The van der Waals surface area contributed by atoms with E-state index in [9.17, 15) is 9.59 Å². The molecule has 0 radical (unpaired) electrons. The van der Waals surface area contributed by atoms with Crippen LogP contribution in [0, 0.1) is 13.8 Å². The molecule has 6 nitrogen and oxygen atoms in total. The molecular weight excluding hydrogens is 390 g/mol. The number of aryl methyl sites for hydroxylation is 2. The summed E-state index contributed by atoms with van der Waals surface area (Å²) in [5.41, 5.74) is 2.82. The number of nitrogens with zero attached hydrogens (tertiary/aromatic N) is 1. The van der Waals surface area contributed by atoms with Crippen molar-refractivity contribution in [2.45, 2.75) is 13.8 Å². The van der Waals surface area contributed by atoms with E-state index in [-0.39, 0.29) is 24.3 Å². The van der Waals surface area contributed by atoms with Crippen LogP contribution in [0.25, 0.3) is 6.08 Å². The number of ether oxygens (including phenoxy) is 3. The summed E-state index contributed by atoms with van der Waals surface area (Å²) in [6, 6.07) is 11.2. The second-order valence-corrected chi connectivity index (χ2v) is 7.59. The molecule has 0 N–H and O–H groups in total. The standard InChI is InChI=1S/C22H23NO5S/c1-14-5-6-15(2)19(9-14)28-8-7-23-21(24)20(29-22(23)25)12-16-10-17(26-3)13-18(11-16)27-4/h5-6,9-13H,7-8H2,1-4H3/b20-12-. The number of methoxy groups -OCH3 is 2. The third-order valence-electron chi connectivity index (χ3n) is 4.46. The number of rotatable bonds is 7. The fourth-order valence-corrected chi connectivity index (χ4v) is 3.73. The van der Waals surface area contributed by atoms with Crippen LogP contribution < -0.4 is 14.2 Å². The Morgan fingerprint density at radius 1 is 1.00 bits per heavy atom. The number of carbonyl (C=O) groups is 2. The van der Waals surface area contributed by atoms with Crippen LogP contribution in [-0.4, -0.2) is 43.4 Å². The van der Waals surface area contributed by atoms with E-state index >= 15 is 0 Å². The van der Waals surface area contributed by atoms with Gasteiger partial charge in [0.05, 0.1) is 25.7 Å². The quantitative estimate of drug-likeness (QED) is 0.626. The average molecular weight is 413 g/mol. The van der Waals surface area contributed by atoms with Crippen molar-refractivity contribution in [3.05, 3.63) is 58.0 Å². The maximum Gasteiger partial charge on any atom is 0.293 e. The van der Waals surface area contributed by atoms with Crippen molar-refractivity contribution < 1.29 is 23.8 Å². The minimum Gasteiger partial charge on any atom is -0.497 e. The first-order valence-electron chi connectivity index (χ1n) is 9.09. The Morgan fingerprint density at radius 3 is 2.34 bits per heavy atom. The van der Waals surface area contributed by atoms with E-state index in [1.54, 1.807) is 38.5 Å². The number of thioether (sulfide) groups is 1. The number of hydrogen-bond donors (Lipinski definition) is 0. The van der Waals surface area contributed by atoms with Crippen LogP contribution in [0.5, 0.6) is 17.2 Å². The van der Waals surface area contributed by atoms with Gasteiger partial charge < -0.3 is 14.2 Å². The lowest BCUT2D eigenvalue weighted by molar-refractivity contribution is -0.123. The summed E-state index contributed by atoms with van der Waals surface area (Å²) < 4.78 is 16.3. The number of amides is 2. The molecule has 2 aromatic carbocycles. The van der Waals surface area contributed by atoms with Crippen molar-refractivity contribution in [2.75, 3.05) is 27.4 Å². The highest BCUT2D eigenvalue weighted by Crippen LogP contribution is 2.33. The summed E-state index contributed by atoms with van der Waals surface area (Å²) in [4.78, 5) is 26.6. The highest BCUT2D eigenvalue weighted by molar-refractivity contribution is 8.18. The van der Waals surface area contributed by atoms with Gasteiger partial charge in [0, 0.05) is 6.07 Å². The molecule has 0 unspecified atom stereocenters. The van der Waals surface area contributed by atoms with Gasteiger partial charge in [-0.3, -0.25) is 14.5 Å². The first kappa shape index (κ1) is 20.8. The topological polar surface area (TPSA) is 65.1 Å². The fraction of sp³-hybridized carbons (Fsp3) is 0.273. The molecule has 1 aliphatic heterocycles. The lowest BCUT2D eigenvalue weighted by atomic mass is 10.1. The maximum absolute atomic E-state index is 12.7. The van der Waals surface area contributed by atoms with Crippen LogP contribution in [0.1, 0.15) is 16.7 Å². The molecule has 0 aromatic heterocycles. The lowest BCUT2D eigenvalue weighted by Gasteiger charge is -2.14. The van der Waals surface area contributed by atoms with Crippen LogP contribution in [0.4, 0.5) is 4.79 Å². The van der Waals surface area contributed by atoms with E-state index < -0.39 is 0 Å². The molecule has 1 aliphatic rings. The van der Waals surface area contributed by atoms with Crippen molar-refractivity contribution >= 4 is 29.0 Å². The van der Waals surface area contributed by atoms with Crippen LogP contribution in [0.3, 0.4) is 0 Å². The molecule has 0 bridgehead atoms. The summed E-state index contributed by atoms with van der Waals surface area (Å²) in [5, 5.41) is -0.305. The van der Waals surface area contributed by atoms with Crippen molar-refractivity contribution in [3.8, 4) is 17.2 Å². The minimum atomic E-state index is -0.327. The van der Waals surface area contributed by atoms with E-state index in [0.717, 1.165) is 34.2 Å². The van der Waals surface area contributed by atoms with Gasteiger partial charge in [0.1, 0.15) is 23.9 Å². The fourth-order valence-electron chi connectivity index (χ4n) is 2.87. The maximum atomic E-state index is 12.7. The molecule has 2 amide bonds. The Hall–Kier alpha value is -2.93. The normalized spacial score (nSPS) is 15.2. The van der Waals surface area contributed by atoms with Gasteiger partial charge >= 0.3 is 0 Å². The zero-order valence-electron chi connectivity index (χ0n) is 16.9. The molecular formula is C22H23NO5S. The van der Waals surface area contributed by atoms with Gasteiger partial charge in [0.2, 0.25) is 0 Å². The Labute approximate surface area is 174 Å². The number of benzene rings is 2. The largest absolute Gasteiger partial charge is 0.497 e. The van der Waals surface area contributed by atoms with Gasteiger partial charge in [-0.15, -0.1) is 0 Å². The number of imide groups is 1. The first-order valence-corrected chi connectivity index (χ1v) is 9.91. The monoisotopic (exact) mass is 413 g/mol. The van der Waals surface area contributed by atoms with E-state index in [4.69, 9.17) is 14.2 Å². The summed E-state index contributed by atoms with van der Waals surface area (Å²) in [6.07, 6.45) is 1.67. The Balaban J connectivity index is 1.69. The molecule has 3 rings (SSSR count). The molecule has 1 saturated heterocycles. The Morgan fingerprint density at radius 2 is 1.69 bits per heavy atom. The molecule has 0 aliphatic carbocycles. The van der Waals surface area contributed by atoms with Gasteiger partial charge in [-0.1, -0.05) is 12.1 Å². The third-order valence-corrected chi connectivity index (χ3v) is 5.37. The van der Waals surface area contributed by atoms with Crippen LogP contribution in [-0.2, 0) is 4.79 Å². The van der Waals surface area contributed by atoms with Crippen molar-refractivity contribution in [3.63, 3.8) is 0 Å². The second kappa shape index (κ2) is 9.05. The molecule has 2 aromatic rings. The van der Waals surface area contributed by atoms with E-state index in [1.165, 1.54) is 4.90 Å². The number of hydrogen-bond acceptors (Lipinski definition) is 6. The predicted molar refractivity (Wildman–Crippen MR) is 114 cm³/mol. The Kier molecular flexibility index (Phi) is 6.49. The van der Waals surface area contributed by atoms with Crippen molar-refractivity contribution in [1.82, 2.24) is 4.90 Å². The predicted octanol–water partition coefficient (Wildman–Crippen LogP) is 4.44. The van der Waals surface area contributed by atoms with Crippen molar-refractivity contribution in [1.29, 1.82) is 0 Å². The van der Waals surface area contributed by atoms with Gasteiger partial charge in [0.15, 0.2) is 0 Å². The average Bonchev–Trinajstić information content (AvgIpc) is 2.97. The smallest absolute Gasteiger partial charge is 0.293 e. The molecule has 29 heavy (non-hydrogen) atoms. The number of carbonyl (C=O) groups excluding carboxylic acids is 2. The second-order valence-electron chi connectivity index (χ2n) is 6.60. The third kappa shape index (κ3) is 4.92. The molecule has 0 saturated carbocycles. The zero-order valence-corrected chi connectivity index (χ0v) is 17.7. The molecule has 7 heteroatoms. The highest BCUT2D eigenvalue weighted by atomic mass is 32.2. The zero-order chi connectivity index (χ0) is 21.0. The SMILES string of the molecule is COc1cc(/C=C2\SC(=O)N(CCOc3cc(C)ccc3C)C2=O)cc(OC)c1. The van der Waals surface area contributed by atoms with Crippen molar-refractivity contribution in [2.24, 2.45) is 0 Å². The molecule has 1 heterocycles. The molecule has 0 spiro atoms. The molecule has 1 fully saturated rings. The van der Waals surface area contributed by atoms with E-state index in [2.05, 4.69) is 0 Å². The van der Waals surface area contributed by atoms with Crippen LogP contribution in [0.2, 0.25) is 0 Å². The molecule has 152 valence electrons.